The number of nitrogens with zero attached hydrogens (tertiary/aromatic N) is 1. The number of rotatable bonds is 9. The van der Waals surface area contributed by atoms with Gasteiger partial charge in [0, 0.05) is 0 Å². The zero-order valence-corrected chi connectivity index (χ0v) is 12.1. The Balaban J connectivity index is 2.16. The molecule has 0 aromatic heterocycles. The van der Waals surface area contributed by atoms with Crippen molar-refractivity contribution >= 4 is 0 Å². The second kappa shape index (κ2) is 8.98. The summed E-state index contributed by atoms with van der Waals surface area (Å²) in [5.74, 6) is 0.940. The third-order valence-corrected chi connectivity index (χ3v) is 3.31. The molecule has 0 spiro atoms. The lowest BCUT2D eigenvalue weighted by atomic mass is 10.1. The van der Waals surface area contributed by atoms with E-state index in [-0.39, 0.29) is 0 Å². The molecule has 2 nitrogen and oxygen atoms in total. The molecular formula is C16H27NO. The Hall–Kier alpha value is -1.02. The molecule has 2 heteroatoms. The van der Waals surface area contributed by atoms with Gasteiger partial charge < -0.3 is 9.64 Å². The average molecular weight is 249 g/mol. The van der Waals surface area contributed by atoms with Gasteiger partial charge >= 0.3 is 0 Å². The lowest BCUT2D eigenvalue weighted by Crippen LogP contribution is -2.21. The lowest BCUT2D eigenvalue weighted by molar-refractivity contribution is 0.321. The highest BCUT2D eigenvalue weighted by Crippen LogP contribution is 2.12. The summed E-state index contributed by atoms with van der Waals surface area (Å²) >= 11 is 0. The van der Waals surface area contributed by atoms with Crippen molar-refractivity contribution in [2.45, 2.75) is 39.0 Å². The van der Waals surface area contributed by atoms with Crippen molar-refractivity contribution in [2.75, 3.05) is 27.2 Å². The third kappa shape index (κ3) is 6.06. The number of aryl methyl sites for hydroxylation is 1. The normalized spacial score (nSPS) is 10.9. The van der Waals surface area contributed by atoms with E-state index in [1.807, 2.05) is 12.1 Å². The minimum Gasteiger partial charge on any atom is -0.497 e. The monoisotopic (exact) mass is 249 g/mol. The van der Waals surface area contributed by atoms with Crippen molar-refractivity contribution in [1.29, 1.82) is 0 Å². The highest BCUT2D eigenvalue weighted by molar-refractivity contribution is 5.27. The van der Waals surface area contributed by atoms with Crippen molar-refractivity contribution in [2.24, 2.45) is 0 Å². The first-order valence-corrected chi connectivity index (χ1v) is 7.07. The molecule has 0 amide bonds. The van der Waals surface area contributed by atoms with Crippen LogP contribution in [0.5, 0.6) is 5.75 Å². The van der Waals surface area contributed by atoms with Gasteiger partial charge in [-0.3, -0.25) is 0 Å². The SMILES string of the molecule is CCCCCN(C)CCCc1ccc(OC)cc1. The van der Waals surface area contributed by atoms with Gasteiger partial charge in [-0.05, 0) is 57.1 Å². The number of methoxy groups -OCH3 is 1. The number of benzene rings is 1. The largest absolute Gasteiger partial charge is 0.497 e. The third-order valence-electron chi connectivity index (χ3n) is 3.31. The Bertz CT molecular complexity index is 307. The van der Waals surface area contributed by atoms with E-state index in [2.05, 4.69) is 31.0 Å². The van der Waals surface area contributed by atoms with Crippen LogP contribution in [0.1, 0.15) is 38.2 Å². The van der Waals surface area contributed by atoms with Gasteiger partial charge in [0.1, 0.15) is 5.75 Å². The maximum atomic E-state index is 5.16. The maximum Gasteiger partial charge on any atom is 0.118 e. The molecule has 0 aliphatic heterocycles. The molecule has 0 saturated heterocycles. The first-order chi connectivity index (χ1) is 8.76. The van der Waals surface area contributed by atoms with Gasteiger partial charge in [-0.2, -0.15) is 0 Å². The Morgan fingerprint density at radius 2 is 1.67 bits per heavy atom. The molecular weight excluding hydrogens is 222 g/mol. The van der Waals surface area contributed by atoms with Crippen LogP contribution in [0.3, 0.4) is 0 Å². The molecule has 1 rings (SSSR count). The maximum absolute atomic E-state index is 5.16. The molecule has 0 heterocycles. The van der Waals surface area contributed by atoms with E-state index in [4.69, 9.17) is 4.74 Å². The molecule has 0 N–H and O–H groups in total. The summed E-state index contributed by atoms with van der Waals surface area (Å²) in [5, 5.41) is 0. The molecule has 0 aliphatic carbocycles. The molecule has 1 aromatic rings. The van der Waals surface area contributed by atoms with Gasteiger partial charge in [-0.25, -0.2) is 0 Å². The van der Waals surface area contributed by atoms with E-state index in [0.717, 1.165) is 12.2 Å². The highest BCUT2D eigenvalue weighted by atomic mass is 16.5. The van der Waals surface area contributed by atoms with Crippen molar-refractivity contribution in [3.8, 4) is 5.75 Å². The molecule has 0 unspecified atom stereocenters. The summed E-state index contributed by atoms with van der Waals surface area (Å²) in [6, 6.07) is 8.41. The Kier molecular flexibility index (Phi) is 7.51. The van der Waals surface area contributed by atoms with Crippen molar-refractivity contribution in [3.05, 3.63) is 29.8 Å². The summed E-state index contributed by atoms with van der Waals surface area (Å²) in [4.78, 5) is 2.44. The number of hydrogen-bond acceptors (Lipinski definition) is 2. The summed E-state index contributed by atoms with van der Waals surface area (Å²) in [5.41, 5.74) is 1.40. The van der Waals surface area contributed by atoms with Crippen LogP contribution >= 0.6 is 0 Å². The van der Waals surface area contributed by atoms with Crippen LogP contribution in [-0.2, 0) is 6.42 Å². The van der Waals surface area contributed by atoms with Crippen LogP contribution in [0.25, 0.3) is 0 Å². The minimum absolute atomic E-state index is 0.940. The van der Waals surface area contributed by atoms with E-state index in [1.165, 1.54) is 44.3 Å². The van der Waals surface area contributed by atoms with Crippen molar-refractivity contribution < 1.29 is 4.74 Å². The molecule has 1 aromatic carbocycles. The predicted molar refractivity (Wildman–Crippen MR) is 78.3 cm³/mol. The summed E-state index contributed by atoms with van der Waals surface area (Å²) in [6.45, 7) is 4.68. The molecule has 0 saturated carbocycles. The number of unbranched alkanes of at least 4 members (excludes halogenated alkanes) is 2. The molecule has 0 bridgehead atoms. The van der Waals surface area contributed by atoms with Gasteiger partial charge in [-0.1, -0.05) is 31.9 Å². The first kappa shape index (κ1) is 15.0. The van der Waals surface area contributed by atoms with E-state index >= 15 is 0 Å². The van der Waals surface area contributed by atoms with E-state index in [0.29, 0.717) is 0 Å². The van der Waals surface area contributed by atoms with Gasteiger partial charge in [0.05, 0.1) is 7.11 Å². The number of hydrogen-bond donors (Lipinski definition) is 0. The summed E-state index contributed by atoms with van der Waals surface area (Å²) < 4.78 is 5.16. The Morgan fingerprint density at radius 1 is 1.00 bits per heavy atom. The second-order valence-corrected chi connectivity index (χ2v) is 4.96. The summed E-state index contributed by atoms with van der Waals surface area (Å²) in [7, 11) is 3.93. The highest BCUT2D eigenvalue weighted by Gasteiger charge is 1.99. The molecule has 0 aliphatic rings. The second-order valence-electron chi connectivity index (χ2n) is 4.96. The van der Waals surface area contributed by atoms with Crippen LogP contribution in [-0.4, -0.2) is 32.1 Å². The van der Waals surface area contributed by atoms with Crippen molar-refractivity contribution in [3.63, 3.8) is 0 Å². The summed E-state index contributed by atoms with van der Waals surface area (Å²) in [6.07, 6.45) is 6.37. The molecule has 18 heavy (non-hydrogen) atoms. The van der Waals surface area contributed by atoms with Gasteiger partial charge in [-0.15, -0.1) is 0 Å². The van der Waals surface area contributed by atoms with E-state index in [9.17, 15) is 0 Å². The minimum atomic E-state index is 0.940. The Labute approximate surface area is 112 Å². The van der Waals surface area contributed by atoms with Crippen LogP contribution in [0.15, 0.2) is 24.3 Å². The van der Waals surface area contributed by atoms with Gasteiger partial charge in [0.2, 0.25) is 0 Å². The fourth-order valence-electron chi connectivity index (χ4n) is 2.09. The van der Waals surface area contributed by atoms with Gasteiger partial charge in [0.15, 0.2) is 0 Å². The van der Waals surface area contributed by atoms with E-state index < -0.39 is 0 Å². The molecule has 102 valence electrons. The van der Waals surface area contributed by atoms with Crippen molar-refractivity contribution in [1.82, 2.24) is 4.90 Å². The molecule has 0 atom stereocenters. The quantitative estimate of drug-likeness (QED) is 0.618. The number of ether oxygens (including phenoxy) is 1. The first-order valence-electron chi connectivity index (χ1n) is 7.07. The van der Waals surface area contributed by atoms with Crippen LogP contribution < -0.4 is 4.74 Å². The smallest absolute Gasteiger partial charge is 0.118 e. The predicted octanol–water partition coefficient (Wildman–Crippen LogP) is 3.75. The standard InChI is InChI=1S/C16H27NO/c1-4-5-6-13-17(2)14-7-8-15-9-11-16(18-3)12-10-15/h9-12H,4-8,13-14H2,1-3H3. The fraction of sp³-hybridized carbons (Fsp3) is 0.625. The lowest BCUT2D eigenvalue weighted by Gasteiger charge is -2.16. The van der Waals surface area contributed by atoms with Crippen LogP contribution in [0, 0.1) is 0 Å². The van der Waals surface area contributed by atoms with Crippen LogP contribution in [0.4, 0.5) is 0 Å². The zero-order valence-electron chi connectivity index (χ0n) is 12.1. The van der Waals surface area contributed by atoms with E-state index in [1.54, 1.807) is 7.11 Å². The fourth-order valence-corrected chi connectivity index (χ4v) is 2.09. The molecule has 0 radical (unpaired) electrons. The van der Waals surface area contributed by atoms with Gasteiger partial charge in [0.25, 0.3) is 0 Å². The van der Waals surface area contributed by atoms with Crippen LogP contribution in [0.2, 0.25) is 0 Å². The topological polar surface area (TPSA) is 12.5 Å². The molecule has 0 fully saturated rings. The Morgan fingerprint density at radius 3 is 2.28 bits per heavy atom. The average Bonchev–Trinajstić information content (AvgIpc) is 2.40. The zero-order chi connectivity index (χ0) is 13.2.